The van der Waals surface area contributed by atoms with E-state index in [-0.39, 0.29) is 0 Å². The molecule has 5 nitrogen and oxygen atoms in total. The van der Waals surface area contributed by atoms with Crippen molar-refractivity contribution in [1.82, 2.24) is 15.0 Å². The third kappa shape index (κ3) is 3.90. The maximum atomic E-state index is 6.01. The van der Waals surface area contributed by atoms with Gasteiger partial charge in [-0.05, 0) is 61.8 Å². The van der Waals surface area contributed by atoms with Crippen LogP contribution in [0.4, 0.5) is 11.6 Å². The Hall–Kier alpha value is -2.40. The van der Waals surface area contributed by atoms with Gasteiger partial charge in [0.25, 0.3) is 0 Å². The molecule has 0 spiro atoms. The molecule has 1 aliphatic carbocycles. The fourth-order valence-corrected chi connectivity index (χ4v) is 4.06. The van der Waals surface area contributed by atoms with Crippen LogP contribution >= 0.6 is 11.6 Å². The van der Waals surface area contributed by atoms with Gasteiger partial charge in [0.05, 0.1) is 11.7 Å². The molecule has 0 atom stereocenters. The Morgan fingerprint density at radius 3 is 2.50 bits per heavy atom. The van der Waals surface area contributed by atoms with E-state index in [1.54, 1.807) is 12.4 Å². The van der Waals surface area contributed by atoms with Crippen LogP contribution in [0.5, 0.6) is 0 Å². The molecule has 0 bridgehead atoms. The molecule has 5 rings (SSSR count). The SMILES string of the molecule is Clc1ccc(CC2CCN(c3nc4cnccc4nc3NC3CC3)CC2)cc1. The number of halogens is 1. The number of piperidine rings is 1. The Labute approximate surface area is 170 Å². The molecule has 0 unspecified atom stereocenters. The number of hydrogen-bond acceptors (Lipinski definition) is 5. The molecule has 3 heterocycles. The minimum Gasteiger partial charge on any atom is -0.364 e. The highest BCUT2D eigenvalue weighted by molar-refractivity contribution is 6.30. The largest absolute Gasteiger partial charge is 0.364 e. The standard InChI is InChI=1S/C22H24ClN5/c23-17-3-1-15(2-4-17)13-16-8-11-28(12-9-16)22-21(25-18-5-6-18)26-19-7-10-24-14-20(19)27-22/h1-4,7,10,14,16,18H,5-6,8-9,11-13H2,(H,25,26). The maximum Gasteiger partial charge on any atom is 0.172 e. The molecule has 0 amide bonds. The molecule has 3 aromatic rings. The Kier molecular flexibility index (Phi) is 4.77. The van der Waals surface area contributed by atoms with Crippen molar-refractivity contribution in [2.45, 2.75) is 38.1 Å². The van der Waals surface area contributed by atoms with Crippen molar-refractivity contribution in [2.75, 3.05) is 23.3 Å². The van der Waals surface area contributed by atoms with Crippen LogP contribution in [0, 0.1) is 5.92 Å². The molecule has 2 fully saturated rings. The van der Waals surface area contributed by atoms with Crippen molar-refractivity contribution in [1.29, 1.82) is 0 Å². The average molecular weight is 394 g/mol. The lowest BCUT2D eigenvalue weighted by atomic mass is 9.90. The van der Waals surface area contributed by atoms with Crippen molar-refractivity contribution in [3.8, 4) is 0 Å². The van der Waals surface area contributed by atoms with E-state index in [4.69, 9.17) is 21.6 Å². The number of nitrogens with zero attached hydrogens (tertiary/aromatic N) is 4. The van der Waals surface area contributed by atoms with Gasteiger partial charge in [-0.25, -0.2) is 9.97 Å². The van der Waals surface area contributed by atoms with Gasteiger partial charge < -0.3 is 10.2 Å². The van der Waals surface area contributed by atoms with Gasteiger partial charge in [0.1, 0.15) is 5.52 Å². The van der Waals surface area contributed by atoms with Crippen molar-refractivity contribution in [2.24, 2.45) is 5.92 Å². The third-order valence-corrected chi connectivity index (χ3v) is 5.97. The topological polar surface area (TPSA) is 53.9 Å². The molecule has 1 aromatic carbocycles. The maximum absolute atomic E-state index is 6.01. The number of aromatic nitrogens is 3. The number of nitrogens with one attached hydrogen (secondary N) is 1. The highest BCUT2D eigenvalue weighted by atomic mass is 35.5. The number of anilines is 2. The zero-order valence-corrected chi connectivity index (χ0v) is 16.6. The van der Waals surface area contributed by atoms with Gasteiger partial charge in [0.2, 0.25) is 0 Å². The molecule has 144 valence electrons. The molecule has 2 aliphatic rings. The van der Waals surface area contributed by atoms with Crippen LogP contribution in [-0.4, -0.2) is 34.1 Å². The zero-order chi connectivity index (χ0) is 18.9. The number of fused-ring (bicyclic) bond motifs is 1. The van der Waals surface area contributed by atoms with Gasteiger partial charge in [0.15, 0.2) is 11.6 Å². The van der Waals surface area contributed by atoms with E-state index in [0.717, 1.165) is 60.0 Å². The van der Waals surface area contributed by atoms with Crippen LogP contribution in [0.2, 0.25) is 5.02 Å². The predicted octanol–water partition coefficient (Wildman–Crippen LogP) is 4.71. The summed E-state index contributed by atoms with van der Waals surface area (Å²) in [5, 5.41) is 4.39. The fraction of sp³-hybridized carbons (Fsp3) is 0.409. The average Bonchev–Trinajstić information content (AvgIpc) is 3.54. The summed E-state index contributed by atoms with van der Waals surface area (Å²) in [6, 6.07) is 10.8. The molecule has 1 saturated carbocycles. The lowest BCUT2D eigenvalue weighted by Gasteiger charge is -2.33. The second-order valence-electron chi connectivity index (χ2n) is 7.94. The van der Waals surface area contributed by atoms with Gasteiger partial charge in [-0.3, -0.25) is 4.98 Å². The molecule has 6 heteroatoms. The van der Waals surface area contributed by atoms with Gasteiger partial charge in [-0.1, -0.05) is 23.7 Å². The summed E-state index contributed by atoms with van der Waals surface area (Å²) in [4.78, 5) is 16.4. The molecule has 1 N–H and O–H groups in total. The van der Waals surface area contributed by atoms with Crippen molar-refractivity contribution in [3.05, 3.63) is 53.3 Å². The molecule has 0 radical (unpaired) electrons. The van der Waals surface area contributed by atoms with Gasteiger partial charge in [-0.15, -0.1) is 0 Å². The van der Waals surface area contributed by atoms with E-state index in [9.17, 15) is 0 Å². The summed E-state index contributed by atoms with van der Waals surface area (Å²) in [5.74, 6) is 2.61. The number of pyridine rings is 1. The number of benzene rings is 1. The minimum absolute atomic E-state index is 0.551. The monoisotopic (exact) mass is 393 g/mol. The minimum atomic E-state index is 0.551. The van der Waals surface area contributed by atoms with E-state index in [0.29, 0.717) is 12.0 Å². The number of hydrogen-bond donors (Lipinski definition) is 1. The molecule has 2 aromatic heterocycles. The van der Waals surface area contributed by atoms with Crippen molar-refractivity contribution in [3.63, 3.8) is 0 Å². The summed E-state index contributed by atoms with van der Waals surface area (Å²) in [6.07, 6.45) is 9.47. The highest BCUT2D eigenvalue weighted by Gasteiger charge is 2.27. The van der Waals surface area contributed by atoms with E-state index >= 15 is 0 Å². The summed E-state index contributed by atoms with van der Waals surface area (Å²) >= 11 is 6.01. The first-order valence-electron chi connectivity index (χ1n) is 10.1. The van der Waals surface area contributed by atoms with E-state index in [2.05, 4.69) is 27.3 Å². The van der Waals surface area contributed by atoms with Gasteiger partial charge >= 0.3 is 0 Å². The summed E-state index contributed by atoms with van der Waals surface area (Å²) in [6.45, 7) is 2.02. The Morgan fingerprint density at radius 2 is 1.75 bits per heavy atom. The molecular formula is C22H24ClN5. The van der Waals surface area contributed by atoms with Crippen LogP contribution in [0.1, 0.15) is 31.2 Å². The second kappa shape index (κ2) is 7.55. The highest BCUT2D eigenvalue weighted by Crippen LogP contribution is 2.33. The van der Waals surface area contributed by atoms with Crippen LogP contribution in [0.25, 0.3) is 11.0 Å². The lowest BCUT2D eigenvalue weighted by molar-refractivity contribution is 0.402. The smallest absolute Gasteiger partial charge is 0.172 e. The molecule has 28 heavy (non-hydrogen) atoms. The van der Waals surface area contributed by atoms with Gasteiger partial charge in [-0.2, -0.15) is 0 Å². The summed E-state index contributed by atoms with van der Waals surface area (Å²) in [7, 11) is 0. The second-order valence-corrected chi connectivity index (χ2v) is 8.38. The molecule has 1 saturated heterocycles. The Bertz CT molecular complexity index is 962. The van der Waals surface area contributed by atoms with Crippen LogP contribution in [-0.2, 0) is 6.42 Å². The fourth-order valence-electron chi connectivity index (χ4n) is 3.94. The summed E-state index contributed by atoms with van der Waals surface area (Å²) < 4.78 is 0. The third-order valence-electron chi connectivity index (χ3n) is 5.72. The lowest BCUT2D eigenvalue weighted by Crippen LogP contribution is -2.35. The normalized spacial score (nSPS) is 17.8. The first-order valence-corrected chi connectivity index (χ1v) is 10.5. The first kappa shape index (κ1) is 17.7. The van der Waals surface area contributed by atoms with E-state index < -0.39 is 0 Å². The van der Waals surface area contributed by atoms with Gasteiger partial charge in [0, 0.05) is 30.4 Å². The van der Waals surface area contributed by atoms with E-state index in [1.807, 2.05) is 18.2 Å². The molecule has 1 aliphatic heterocycles. The zero-order valence-electron chi connectivity index (χ0n) is 15.8. The Balaban J connectivity index is 1.32. The van der Waals surface area contributed by atoms with Crippen LogP contribution in [0.15, 0.2) is 42.7 Å². The Morgan fingerprint density at radius 1 is 0.964 bits per heavy atom. The summed E-state index contributed by atoms with van der Waals surface area (Å²) in [5.41, 5.74) is 3.14. The molecular weight excluding hydrogens is 370 g/mol. The quantitative estimate of drug-likeness (QED) is 0.680. The predicted molar refractivity (Wildman–Crippen MR) is 114 cm³/mol. The van der Waals surface area contributed by atoms with Crippen LogP contribution in [0.3, 0.4) is 0 Å². The van der Waals surface area contributed by atoms with Crippen molar-refractivity contribution < 1.29 is 0 Å². The first-order chi connectivity index (χ1) is 13.7. The number of rotatable bonds is 5. The van der Waals surface area contributed by atoms with Crippen molar-refractivity contribution >= 4 is 34.3 Å². The van der Waals surface area contributed by atoms with Crippen LogP contribution < -0.4 is 10.2 Å². The van der Waals surface area contributed by atoms with E-state index in [1.165, 1.54) is 18.4 Å².